The second kappa shape index (κ2) is 14.4. The van der Waals surface area contributed by atoms with Crippen molar-refractivity contribution in [2.75, 3.05) is 19.8 Å². The fourth-order valence-corrected chi connectivity index (χ4v) is 6.23. The van der Waals surface area contributed by atoms with Gasteiger partial charge in [-0.05, 0) is 61.1 Å². The molecular weight excluding hydrogens is 578 g/mol. The van der Waals surface area contributed by atoms with Crippen molar-refractivity contribution in [2.24, 2.45) is 17.3 Å². The Hall–Kier alpha value is -3.70. The number of carbonyl (C=O) groups excluding carboxylic acids is 3. The highest BCUT2D eigenvalue weighted by Crippen LogP contribution is 2.32. The van der Waals surface area contributed by atoms with Gasteiger partial charge in [0.2, 0.25) is 11.8 Å². The molecule has 0 aliphatic carbocycles. The predicted molar refractivity (Wildman–Crippen MR) is 175 cm³/mol. The van der Waals surface area contributed by atoms with E-state index in [0.29, 0.717) is 5.69 Å². The molecule has 0 fully saturated rings. The summed E-state index contributed by atoms with van der Waals surface area (Å²) in [4.78, 5) is 42.6. The molecule has 2 aromatic rings. The number of likely N-dealkylation sites (N-methyl/N-ethyl adjacent to an activating group) is 2. The molecule has 0 aliphatic rings. The molecule has 3 amide bonds. The number of nitrogens with two attached hydrogens (primary N) is 1. The van der Waals surface area contributed by atoms with E-state index in [4.69, 9.17) is 5.73 Å². The molecule has 10 nitrogen and oxygen atoms in total. The molecule has 11 heteroatoms. The minimum absolute atomic E-state index is 0.0983. The molecule has 0 spiro atoms. The van der Waals surface area contributed by atoms with Crippen LogP contribution in [0.3, 0.4) is 0 Å². The first-order valence-corrected chi connectivity index (χ1v) is 16.2. The minimum atomic E-state index is -4.14. The number of amides is 3. The maximum atomic E-state index is 14.1. The van der Waals surface area contributed by atoms with Crippen molar-refractivity contribution < 1.29 is 22.8 Å². The van der Waals surface area contributed by atoms with Gasteiger partial charge in [-0.2, -0.15) is 0 Å². The Kier molecular flexibility index (Phi) is 11.9. The Labute approximate surface area is 262 Å². The first-order chi connectivity index (χ1) is 20.3. The molecule has 44 heavy (non-hydrogen) atoms. The first-order valence-electron chi connectivity index (χ1n) is 14.7. The zero-order valence-corrected chi connectivity index (χ0v) is 28.4. The van der Waals surface area contributed by atoms with Crippen LogP contribution in [0.4, 0.5) is 5.69 Å². The van der Waals surface area contributed by atoms with Crippen LogP contribution in [0.15, 0.2) is 71.1 Å². The lowest BCUT2D eigenvalue weighted by atomic mass is 9.77. The first kappa shape index (κ1) is 36.5. The number of hydrogen-bond acceptors (Lipinski definition) is 7. The summed E-state index contributed by atoms with van der Waals surface area (Å²) in [6.07, 6.45) is 1.58. The van der Waals surface area contributed by atoms with E-state index in [0.717, 1.165) is 5.56 Å². The number of rotatable bonds is 12. The molecule has 2 rings (SSSR count). The monoisotopic (exact) mass is 627 g/mol. The number of nitrogen functional groups attached to an aromatic ring is 1. The van der Waals surface area contributed by atoms with Crippen molar-refractivity contribution in [1.29, 1.82) is 0 Å². The van der Waals surface area contributed by atoms with E-state index >= 15 is 0 Å². The van der Waals surface area contributed by atoms with Gasteiger partial charge in [0.15, 0.2) is 0 Å². The summed E-state index contributed by atoms with van der Waals surface area (Å²) in [5.74, 6) is -1.78. The number of nitrogens with one attached hydrogen (secondary N) is 3. The van der Waals surface area contributed by atoms with Crippen LogP contribution in [0.2, 0.25) is 0 Å². The van der Waals surface area contributed by atoms with Gasteiger partial charge in [-0.15, -0.1) is 0 Å². The summed E-state index contributed by atoms with van der Waals surface area (Å²) < 4.78 is 27.6. The summed E-state index contributed by atoms with van der Waals surface area (Å²) in [5, 5.41) is 6.27. The number of sulfonamides is 1. The van der Waals surface area contributed by atoms with Crippen molar-refractivity contribution in [3.8, 4) is 0 Å². The van der Waals surface area contributed by atoms with Gasteiger partial charge in [-0.3, -0.25) is 14.4 Å². The maximum Gasteiger partial charge on any atom is 0.264 e. The largest absolute Gasteiger partial charge is 0.399 e. The molecule has 3 atom stereocenters. The van der Waals surface area contributed by atoms with Crippen molar-refractivity contribution in [3.63, 3.8) is 0 Å². The van der Waals surface area contributed by atoms with Gasteiger partial charge in [-0.1, -0.05) is 84.9 Å². The zero-order chi connectivity index (χ0) is 33.6. The van der Waals surface area contributed by atoms with Gasteiger partial charge in [0.05, 0.1) is 10.9 Å². The second-order valence-electron chi connectivity index (χ2n) is 12.9. The van der Waals surface area contributed by atoms with E-state index in [9.17, 15) is 22.8 Å². The summed E-state index contributed by atoms with van der Waals surface area (Å²) in [6, 6.07) is 13.4. The fraction of sp³-hybridized carbons (Fsp3) is 0.485. The lowest BCUT2D eigenvalue weighted by molar-refractivity contribution is -0.142. The standard InChI is InChI=1S/C33H49N5O5S/c1-21(2)27(20-23(5)29(39)37-44(42,43)26-18-16-25(34)17-19-26)38(10)30(40)28(32(6,7)8)36-31(41)33(35-9,22(3)4)24-14-12-11-13-15-24/h11-22,27-28,35H,34H2,1-10H3,(H,36,41)(H,37,39)/b23-20+/t27-,28-,33+/m1/s1. The van der Waals surface area contributed by atoms with Crippen LogP contribution in [0.1, 0.15) is 61.0 Å². The fourth-order valence-electron chi connectivity index (χ4n) is 5.21. The Balaban J connectivity index is 2.40. The van der Waals surface area contributed by atoms with Crippen LogP contribution in [0.5, 0.6) is 0 Å². The highest BCUT2D eigenvalue weighted by atomic mass is 32.2. The zero-order valence-electron chi connectivity index (χ0n) is 27.6. The molecule has 0 saturated heterocycles. The average molecular weight is 628 g/mol. The quantitative estimate of drug-likeness (QED) is 0.206. The number of nitrogens with zero attached hydrogens (tertiary/aromatic N) is 1. The van der Waals surface area contributed by atoms with Gasteiger partial charge in [0, 0.05) is 18.3 Å². The van der Waals surface area contributed by atoms with Crippen LogP contribution < -0.4 is 21.1 Å². The Morgan fingerprint density at radius 2 is 1.48 bits per heavy atom. The number of anilines is 1. The molecule has 2 aromatic carbocycles. The average Bonchev–Trinajstić information content (AvgIpc) is 2.94. The summed E-state index contributed by atoms with van der Waals surface area (Å²) >= 11 is 0. The third-order valence-corrected chi connectivity index (χ3v) is 9.26. The highest BCUT2D eigenvalue weighted by molar-refractivity contribution is 7.90. The summed E-state index contributed by atoms with van der Waals surface area (Å²) in [6.45, 7) is 14.8. The van der Waals surface area contributed by atoms with E-state index in [1.54, 1.807) is 20.2 Å². The highest BCUT2D eigenvalue weighted by Gasteiger charge is 2.46. The lowest BCUT2D eigenvalue weighted by Gasteiger charge is -2.41. The van der Waals surface area contributed by atoms with Gasteiger partial charge in [0.25, 0.3) is 15.9 Å². The van der Waals surface area contributed by atoms with Gasteiger partial charge >= 0.3 is 0 Å². The van der Waals surface area contributed by atoms with E-state index in [-0.39, 0.29) is 34.1 Å². The Bertz CT molecular complexity index is 1450. The molecule has 0 saturated carbocycles. The van der Waals surface area contributed by atoms with Gasteiger partial charge in [-0.25, -0.2) is 13.1 Å². The van der Waals surface area contributed by atoms with Gasteiger partial charge in [0.1, 0.15) is 11.6 Å². The van der Waals surface area contributed by atoms with E-state index in [1.807, 2.05) is 78.8 Å². The van der Waals surface area contributed by atoms with Crippen LogP contribution in [-0.2, 0) is 29.9 Å². The molecule has 242 valence electrons. The van der Waals surface area contributed by atoms with Crippen LogP contribution in [-0.4, -0.2) is 57.2 Å². The summed E-state index contributed by atoms with van der Waals surface area (Å²) in [5.41, 5.74) is 5.18. The molecule has 0 heterocycles. The Morgan fingerprint density at radius 3 is 1.93 bits per heavy atom. The number of hydrogen-bond donors (Lipinski definition) is 4. The number of benzene rings is 2. The van der Waals surface area contributed by atoms with E-state index < -0.39 is 39.0 Å². The van der Waals surface area contributed by atoms with Crippen molar-refractivity contribution in [3.05, 3.63) is 71.8 Å². The van der Waals surface area contributed by atoms with Crippen LogP contribution >= 0.6 is 0 Å². The van der Waals surface area contributed by atoms with Crippen molar-refractivity contribution in [2.45, 2.75) is 77.9 Å². The van der Waals surface area contributed by atoms with Crippen LogP contribution in [0, 0.1) is 17.3 Å². The summed E-state index contributed by atoms with van der Waals surface area (Å²) in [7, 11) is -0.786. The number of carbonyl (C=O) groups is 3. The smallest absolute Gasteiger partial charge is 0.264 e. The van der Waals surface area contributed by atoms with Gasteiger partial charge < -0.3 is 21.3 Å². The molecule has 0 bridgehead atoms. The van der Waals surface area contributed by atoms with Crippen molar-refractivity contribution >= 4 is 33.4 Å². The molecule has 0 radical (unpaired) electrons. The van der Waals surface area contributed by atoms with E-state index in [2.05, 4.69) is 15.4 Å². The Morgan fingerprint density at radius 1 is 0.932 bits per heavy atom. The maximum absolute atomic E-state index is 14.1. The molecule has 0 unspecified atom stereocenters. The normalized spacial score (nSPS) is 15.3. The molecule has 0 aromatic heterocycles. The third-order valence-electron chi connectivity index (χ3n) is 7.91. The van der Waals surface area contributed by atoms with Crippen molar-refractivity contribution in [1.82, 2.24) is 20.3 Å². The molecule has 5 N–H and O–H groups in total. The topological polar surface area (TPSA) is 151 Å². The molecular formula is C33H49N5O5S. The third kappa shape index (κ3) is 8.26. The van der Waals surface area contributed by atoms with E-state index in [1.165, 1.54) is 36.1 Å². The predicted octanol–water partition coefficient (Wildman–Crippen LogP) is 3.80. The minimum Gasteiger partial charge on any atom is -0.399 e. The SMILES string of the molecule is CN[C@](C(=O)N[C@H](C(=O)N(C)[C@H](/C=C(\C)C(=O)NS(=O)(=O)c1ccc(N)cc1)C(C)C)C(C)(C)C)(c1ccccc1)C(C)C. The second-order valence-corrected chi connectivity index (χ2v) is 14.6. The van der Waals surface area contributed by atoms with Crippen LogP contribution in [0.25, 0.3) is 0 Å². The molecule has 0 aliphatic heterocycles. The lowest BCUT2D eigenvalue weighted by Crippen LogP contribution is -2.63.